The van der Waals surface area contributed by atoms with Gasteiger partial charge in [-0.05, 0) is 67.2 Å². The lowest BCUT2D eigenvalue weighted by Gasteiger charge is -2.23. The Morgan fingerprint density at radius 2 is 1.83 bits per heavy atom. The summed E-state index contributed by atoms with van der Waals surface area (Å²) in [7, 11) is 4.27. The molecule has 0 saturated heterocycles. The first-order valence-electron chi connectivity index (χ1n) is 7.93. The smallest absolute Gasteiger partial charge is 0.0201 e. The van der Waals surface area contributed by atoms with E-state index in [0.717, 1.165) is 18.7 Å². The van der Waals surface area contributed by atoms with Crippen LogP contribution in [0, 0.1) is 0 Å². The zero-order valence-corrected chi connectivity index (χ0v) is 15.6. The highest BCUT2D eigenvalue weighted by Crippen LogP contribution is 2.45. The maximum absolute atomic E-state index is 2.42. The topological polar surface area (TPSA) is 3.24 Å². The first kappa shape index (κ1) is 16.7. The molecule has 1 aliphatic heterocycles. The summed E-state index contributed by atoms with van der Waals surface area (Å²) in [6.45, 7) is 1.08. The maximum Gasteiger partial charge on any atom is 0.0201 e. The Hall–Kier alpha value is -1.16. The monoisotopic (exact) mass is 341 g/mol. The second-order valence-corrected chi connectivity index (χ2v) is 8.02. The van der Waals surface area contributed by atoms with E-state index in [4.69, 9.17) is 0 Å². The second kappa shape index (κ2) is 7.61. The van der Waals surface area contributed by atoms with Crippen molar-refractivity contribution in [1.29, 1.82) is 0 Å². The average Bonchev–Trinajstić information content (AvgIpc) is 2.54. The van der Waals surface area contributed by atoms with Crippen molar-refractivity contribution in [2.75, 3.05) is 26.9 Å². The molecule has 0 bridgehead atoms. The van der Waals surface area contributed by atoms with Crippen molar-refractivity contribution in [1.82, 2.24) is 4.90 Å². The van der Waals surface area contributed by atoms with Gasteiger partial charge in [0, 0.05) is 22.1 Å². The first-order valence-corrected chi connectivity index (χ1v) is 10.1. The second-order valence-electron chi connectivity index (χ2n) is 6.07. The molecule has 3 rings (SSSR count). The Morgan fingerprint density at radius 3 is 2.61 bits per heavy atom. The third-order valence-corrected chi connectivity index (χ3v) is 5.74. The Balaban J connectivity index is 2.03. The van der Waals surface area contributed by atoms with Crippen LogP contribution < -0.4 is 0 Å². The predicted molar refractivity (Wildman–Crippen MR) is 104 cm³/mol. The summed E-state index contributed by atoms with van der Waals surface area (Å²) in [6, 6.07) is 15.7. The molecular weight excluding hydrogens is 318 g/mol. The summed E-state index contributed by atoms with van der Waals surface area (Å²) in [5, 5.41) is 0. The van der Waals surface area contributed by atoms with Crippen LogP contribution in [-0.2, 0) is 5.75 Å². The minimum atomic E-state index is 1.07. The summed E-state index contributed by atoms with van der Waals surface area (Å²) in [5.74, 6) is 1.07. The lowest BCUT2D eigenvalue weighted by molar-refractivity contribution is 0.417. The molecule has 2 aromatic carbocycles. The van der Waals surface area contributed by atoms with Gasteiger partial charge in [-0.25, -0.2) is 0 Å². The molecule has 0 N–H and O–H groups in total. The molecule has 1 aliphatic rings. The molecule has 120 valence electrons. The number of hydrogen-bond donors (Lipinski definition) is 0. The summed E-state index contributed by atoms with van der Waals surface area (Å²) in [4.78, 5) is 4.99. The van der Waals surface area contributed by atoms with Gasteiger partial charge in [0.1, 0.15) is 0 Å². The van der Waals surface area contributed by atoms with Crippen LogP contribution in [0.2, 0.25) is 0 Å². The first-order chi connectivity index (χ1) is 11.2. The van der Waals surface area contributed by atoms with E-state index in [2.05, 4.69) is 73.8 Å². The Labute approximate surface area is 148 Å². The van der Waals surface area contributed by atoms with Crippen LogP contribution in [-0.4, -0.2) is 31.8 Å². The summed E-state index contributed by atoms with van der Waals surface area (Å²) in [5.41, 5.74) is 5.60. The van der Waals surface area contributed by atoms with E-state index in [1.54, 1.807) is 0 Å². The molecule has 1 heterocycles. The van der Waals surface area contributed by atoms with Crippen LogP contribution in [0.15, 0.2) is 58.3 Å². The summed E-state index contributed by atoms with van der Waals surface area (Å²) < 4.78 is 0. The maximum atomic E-state index is 2.42. The fourth-order valence-electron chi connectivity index (χ4n) is 2.86. The van der Waals surface area contributed by atoms with Crippen molar-refractivity contribution < 1.29 is 0 Å². The molecule has 0 unspecified atom stereocenters. The highest BCUT2D eigenvalue weighted by Gasteiger charge is 2.20. The molecule has 0 aromatic heterocycles. The minimum Gasteiger partial charge on any atom is -0.309 e. The van der Waals surface area contributed by atoms with Crippen molar-refractivity contribution in [3.63, 3.8) is 0 Å². The van der Waals surface area contributed by atoms with E-state index in [9.17, 15) is 0 Å². The number of nitrogens with zero attached hydrogens (tertiary/aromatic N) is 1. The van der Waals surface area contributed by atoms with E-state index in [-0.39, 0.29) is 0 Å². The van der Waals surface area contributed by atoms with Gasteiger partial charge in [0.25, 0.3) is 0 Å². The molecule has 0 amide bonds. The van der Waals surface area contributed by atoms with Crippen LogP contribution in [0.3, 0.4) is 0 Å². The molecule has 23 heavy (non-hydrogen) atoms. The lowest BCUT2D eigenvalue weighted by atomic mass is 9.95. The van der Waals surface area contributed by atoms with Gasteiger partial charge in [0.2, 0.25) is 0 Å². The van der Waals surface area contributed by atoms with Crippen LogP contribution in [0.4, 0.5) is 0 Å². The fraction of sp³-hybridized carbons (Fsp3) is 0.300. The molecule has 3 heteroatoms. The van der Waals surface area contributed by atoms with Crippen LogP contribution in [0.25, 0.3) is 5.57 Å². The highest BCUT2D eigenvalue weighted by molar-refractivity contribution is 7.99. The van der Waals surface area contributed by atoms with Crippen LogP contribution in [0.5, 0.6) is 0 Å². The Morgan fingerprint density at radius 1 is 1.04 bits per heavy atom. The molecule has 0 spiro atoms. The molecule has 1 nitrogen and oxygen atoms in total. The standard InChI is InChI=1S/C20H23NS2/c1-21(2)12-6-8-16-17-7-4-5-9-19(17)23-20-11-10-15(14-22-3)13-18(16)20/h4-5,7-11,13H,6,12,14H2,1-3H3/b16-8-. The number of thioether (sulfide) groups is 1. The van der Waals surface area contributed by atoms with Crippen molar-refractivity contribution in [2.45, 2.75) is 22.0 Å². The number of fused-ring (bicyclic) bond motifs is 2. The van der Waals surface area contributed by atoms with Gasteiger partial charge in [0.15, 0.2) is 0 Å². The van der Waals surface area contributed by atoms with E-state index < -0.39 is 0 Å². The van der Waals surface area contributed by atoms with E-state index in [0.29, 0.717) is 0 Å². The van der Waals surface area contributed by atoms with Crippen LogP contribution in [0.1, 0.15) is 23.1 Å². The number of rotatable bonds is 5. The molecule has 0 fully saturated rings. The van der Waals surface area contributed by atoms with E-state index in [1.165, 1.54) is 32.1 Å². The van der Waals surface area contributed by atoms with E-state index >= 15 is 0 Å². The molecule has 0 saturated carbocycles. The van der Waals surface area contributed by atoms with Gasteiger partial charge in [-0.3, -0.25) is 0 Å². The minimum absolute atomic E-state index is 1.07. The van der Waals surface area contributed by atoms with Crippen LogP contribution >= 0.6 is 23.5 Å². The Bertz CT molecular complexity index is 719. The molecule has 2 aromatic rings. The largest absolute Gasteiger partial charge is 0.309 e. The highest BCUT2D eigenvalue weighted by atomic mass is 32.2. The molecule has 0 atom stereocenters. The quantitative estimate of drug-likeness (QED) is 0.612. The lowest BCUT2D eigenvalue weighted by Crippen LogP contribution is -2.12. The van der Waals surface area contributed by atoms with Gasteiger partial charge in [0.05, 0.1) is 0 Å². The normalized spacial score (nSPS) is 14.9. The molecular formula is C20H23NS2. The van der Waals surface area contributed by atoms with Crippen molar-refractivity contribution >= 4 is 29.1 Å². The summed E-state index contributed by atoms with van der Waals surface area (Å²) >= 11 is 3.78. The average molecular weight is 342 g/mol. The van der Waals surface area contributed by atoms with Crippen molar-refractivity contribution in [2.24, 2.45) is 0 Å². The Kier molecular flexibility index (Phi) is 5.52. The predicted octanol–water partition coefficient (Wildman–Crippen LogP) is 5.40. The van der Waals surface area contributed by atoms with E-state index in [1.807, 2.05) is 23.5 Å². The summed E-state index contributed by atoms with van der Waals surface area (Å²) in [6.07, 6.45) is 5.66. The van der Waals surface area contributed by atoms with Gasteiger partial charge in [-0.15, -0.1) is 0 Å². The number of benzene rings is 2. The number of hydrogen-bond acceptors (Lipinski definition) is 3. The zero-order chi connectivity index (χ0) is 16.2. The van der Waals surface area contributed by atoms with Crippen molar-refractivity contribution in [3.8, 4) is 0 Å². The zero-order valence-electron chi connectivity index (χ0n) is 14.0. The third kappa shape index (κ3) is 3.85. The fourth-order valence-corrected chi connectivity index (χ4v) is 4.46. The molecule has 0 radical (unpaired) electrons. The SMILES string of the molecule is CSCc1ccc2c(c1)/C(=C\CCN(C)C)c1ccccc1S2. The van der Waals surface area contributed by atoms with Gasteiger partial charge in [-0.1, -0.05) is 42.1 Å². The van der Waals surface area contributed by atoms with Gasteiger partial charge in [-0.2, -0.15) is 11.8 Å². The third-order valence-electron chi connectivity index (χ3n) is 3.97. The van der Waals surface area contributed by atoms with Gasteiger partial charge >= 0.3 is 0 Å². The van der Waals surface area contributed by atoms with Gasteiger partial charge < -0.3 is 4.90 Å². The molecule has 0 aliphatic carbocycles. The van der Waals surface area contributed by atoms with Crippen molar-refractivity contribution in [3.05, 3.63) is 65.2 Å².